The predicted octanol–water partition coefficient (Wildman–Crippen LogP) is 0.656. The van der Waals surface area contributed by atoms with Crippen LogP contribution in [0.4, 0.5) is 0 Å². The molecule has 0 spiro atoms. The molecule has 0 aliphatic heterocycles. The molecule has 1 heterocycles. The zero-order valence-corrected chi connectivity index (χ0v) is 11.4. The standard InChI is InChI=1S/C14H19N5O/c15-7-10-18(12-13-4-2-1-3-5-13)14(20)6-9-19-11-8-16-17-19/h1-5,8,11H,6-7,9-10,12,15H2. The Morgan fingerprint density at radius 3 is 2.75 bits per heavy atom. The molecule has 2 rings (SSSR count). The van der Waals surface area contributed by atoms with Crippen molar-refractivity contribution in [2.45, 2.75) is 19.5 Å². The first-order valence-corrected chi connectivity index (χ1v) is 6.65. The first kappa shape index (κ1) is 14.2. The Morgan fingerprint density at radius 2 is 2.10 bits per heavy atom. The highest BCUT2D eigenvalue weighted by atomic mass is 16.2. The van der Waals surface area contributed by atoms with Gasteiger partial charge in [-0.3, -0.25) is 9.48 Å². The molecule has 1 amide bonds. The van der Waals surface area contributed by atoms with Gasteiger partial charge in [0.05, 0.1) is 12.7 Å². The van der Waals surface area contributed by atoms with E-state index in [-0.39, 0.29) is 5.91 Å². The topological polar surface area (TPSA) is 77.0 Å². The van der Waals surface area contributed by atoms with Crippen LogP contribution in [0.3, 0.4) is 0 Å². The van der Waals surface area contributed by atoms with Crippen LogP contribution in [0.15, 0.2) is 42.7 Å². The van der Waals surface area contributed by atoms with Gasteiger partial charge in [0, 0.05) is 32.3 Å². The van der Waals surface area contributed by atoms with Gasteiger partial charge in [-0.05, 0) is 5.56 Å². The van der Waals surface area contributed by atoms with E-state index in [1.165, 1.54) is 0 Å². The summed E-state index contributed by atoms with van der Waals surface area (Å²) in [5, 5.41) is 7.57. The van der Waals surface area contributed by atoms with E-state index in [9.17, 15) is 4.79 Å². The number of amides is 1. The van der Waals surface area contributed by atoms with Gasteiger partial charge in [0.2, 0.25) is 5.91 Å². The Hall–Kier alpha value is -2.21. The number of carbonyl (C=O) groups is 1. The highest BCUT2D eigenvalue weighted by molar-refractivity contribution is 5.76. The molecule has 0 saturated heterocycles. The summed E-state index contributed by atoms with van der Waals surface area (Å²) in [4.78, 5) is 14.0. The zero-order chi connectivity index (χ0) is 14.2. The second-order valence-corrected chi connectivity index (χ2v) is 4.51. The lowest BCUT2D eigenvalue weighted by Gasteiger charge is -2.22. The number of hydrogen-bond acceptors (Lipinski definition) is 4. The molecule has 6 heteroatoms. The maximum atomic E-state index is 12.2. The van der Waals surface area contributed by atoms with Crippen LogP contribution in [-0.2, 0) is 17.9 Å². The second kappa shape index (κ2) is 7.40. The lowest BCUT2D eigenvalue weighted by Crippen LogP contribution is -2.35. The number of rotatable bonds is 7. The van der Waals surface area contributed by atoms with Gasteiger partial charge in [-0.25, -0.2) is 0 Å². The molecule has 0 fully saturated rings. The molecule has 0 aliphatic rings. The average Bonchev–Trinajstić information content (AvgIpc) is 2.99. The van der Waals surface area contributed by atoms with Gasteiger partial charge < -0.3 is 10.6 Å². The molecule has 0 unspecified atom stereocenters. The number of nitrogens with two attached hydrogens (primary N) is 1. The highest BCUT2D eigenvalue weighted by Crippen LogP contribution is 2.06. The van der Waals surface area contributed by atoms with Crippen molar-refractivity contribution in [3.8, 4) is 0 Å². The molecule has 0 radical (unpaired) electrons. The van der Waals surface area contributed by atoms with Crippen molar-refractivity contribution >= 4 is 5.91 Å². The fourth-order valence-corrected chi connectivity index (χ4v) is 1.97. The van der Waals surface area contributed by atoms with Crippen molar-refractivity contribution < 1.29 is 4.79 Å². The number of nitrogens with zero attached hydrogens (tertiary/aromatic N) is 4. The van der Waals surface area contributed by atoms with Gasteiger partial charge in [0.25, 0.3) is 0 Å². The van der Waals surface area contributed by atoms with Crippen LogP contribution in [0.2, 0.25) is 0 Å². The fourth-order valence-electron chi connectivity index (χ4n) is 1.97. The van der Waals surface area contributed by atoms with Gasteiger partial charge in [0.1, 0.15) is 0 Å². The van der Waals surface area contributed by atoms with Crippen molar-refractivity contribution in [2.75, 3.05) is 13.1 Å². The first-order chi connectivity index (χ1) is 9.79. The summed E-state index contributed by atoms with van der Waals surface area (Å²) in [5.74, 6) is 0.0785. The number of carbonyl (C=O) groups excluding carboxylic acids is 1. The van der Waals surface area contributed by atoms with Crippen LogP contribution in [0.5, 0.6) is 0 Å². The first-order valence-electron chi connectivity index (χ1n) is 6.65. The summed E-state index contributed by atoms with van der Waals surface area (Å²) < 4.78 is 1.65. The van der Waals surface area contributed by atoms with Gasteiger partial charge in [-0.2, -0.15) is 0 Å². The minimum absolute atomic E-state index is 0.0785. The van der Waals surface area contributed by atoms with E-state index in [0.29, 0.717) is 32.6 Å². The lowest BCUT2D eigenvalue weighted by atomic mass is 10.2. The Bertz CT molecular complexity index is 512. The molecular weight excluding hydrogens is 254 g/mol. The summed E-state index contributed by atoms with van der Waals surface area (Å²) in [6.45, 7) is 2.15. The summed E-state index contributed by atoms with van der Waals surface area (Å²) >= 11 is 0. The Labute approximate surface area is 118 Å². The molecule has 0 aliphatic carbocycles. The minimum atomic E-state index is 0.0785. The summed E-state index contributed by atoms with van der Waals surface area (Å²) in [6, 6.07) is 9.91. The number of aromatic nitrogens is 3. The van der Waals surface area contributed by atoms with E-state index >= 15 is 0 Å². The van der Waals surface area contributed by atoms with E-state index in [4.69, 9.17) is 5.73 Å². The lowest BCUT2D eigenvalue weighted by molar-refractivity contribution is -0.132. The van der Waals surface area contributed by atoms with Gasteiger partial charge in [0.15, 0.2) is 0 Å². The SMILES string of the molecule is NCCN(Cc1ccccc1)C(=O)CCn1ccnn1. The third-order valence-electron chi connectivity index (χ3n) is 2.99. The molecule has 6 nitrogen and oxygen atoms in total. The third kappa shape index (κ3) is 4.17. The smallest absolute Gasteiger partial charge is 0.224 e. The number of benzene rings is 1. The van der Waals surface area contributed by atoms with E-state index in [1.807, 2.05) is 30.3 Å². The normalized spacial score (nSPS) is 10.4. The van der Waals surface area contributed by atoms with Gasteiger partial charge >= 0.3 is 0 Å². The summed E-state index contributed by atoms with van der Waals surface area (Å²) in [7, 11) is 0. The minimum Gasteiger partial charge on any atom is -0.337 e. The number of aryl methyl sites for hydroxylation is 1. The average molecular weight is 273 g/mol. The largest absolute Gasteiger partial charge is 0.337 e. The van der Waals surface area contributed by atoms with Crippen molar-refractivity contribution in [3.63, 3.8) is 0 Å². The van der Waals surface area contributed by atoms with Gasteiger partial charge in [-0.15, -0.1) is 5.10 Å². The van der Waals surface area contributed by atoms with Crippen LogP contribution >= 0.6 is 0 Å². The van der Waals surface area contributed by atoms with Crippen molar-refractivity contribution in [1.82, 2.24) is 19.9 Å². The quantitative estimate of drug-likeness (QED) is 0.803. The van der Waals surface area contributed by atoms with E-state index < -0.39 is 0 Å². The molecule has 1 aromatic heterocycles. The zero-order valence-electron chi connectivity index (χ0n) is 11.4. The molecule has 2 aromatic rings. The maximum Gasteiger partial charge on any atom is 0.224 e. The van der Waals surface area contributed by atoms with Crippen LogP contribution in [-0.4, -0.2) is 38.9 Å². The Balaban J connectivity index is 1.91. The third-order valence-corrected chi connectivity index (χ3v) is 2.99. The monoisotopic (exact) mass is 273 g/mol. The predicted molar refractivity (Wildman–Crippen MR) is 75.6 cm³/mol. The Morgan fingerprint density at radius 1 is 1.30 bits per heavy atom. The van der Waals surface area contributed by atoms with Crippen molar-refractivity contribution in [1.29, 1.82) is 0 Å². The molecule has 106 valence electrons. The Kier molecular flexibility index (Phi) is 5.25. The fraction of sp³-hybridized carbons (Fsp3) is 0.357. The molecule has 0 saturated carbocycles. The second-order valence-electron chi connectivity index (χ2n) is 4.51. The van der Waals surface area contributed by atoms with Crippen LogP contribution in [0, 0.1) is 0 Å². The van der Waals surface area contributed by atoms with Crippen LogP contribution < -0.4 is 5.73 Å². The van der Waals surface area contributed by atoms with Crippen molar-refractivity contribution in [3.05, 3.63) is 48.3 Å². The number of hydrogen-bond donors (Lipinski definition) is 1. The molecule has 0 bridgehead atoms. The van der Waals surface area contributed by atoms with E-state index in [1.54, 1.807) is 22.0 Å². The van der Waals surface area contributed by atoms with Crippen LogP contribution in [0.25, 0.3) is 0 Å². The van der Waals surface area contributed by atoms with Gasteiger partial charge in [-0.1, -0.05) is 35.5 Å². The van der Waals surface area contributed by atoms with Crippen molar-refractivity contribution in [2.24, 2.45) is 5.73 Å². The molecule has 2 N–H and O–H groups in total. The van der Waals surface area contributed by atoms with E-state index in [0.717, 1.165) is 5.56 Å². The maximum absolute atomic E-state index is 12.2. The van der Waals surface area contributed by atoms with Crippen LogP contribution in [0.1, 0.15) is 12.0 Å². The molecule has 0 atom stereocenters. The highest BCUT2D eigenvalue weighted by Gasteiger charge is 2.13. The van der Waals surface area contributed by atoms with E-state index in [2.05, 4.69) is 10.3 Å². The summed E-state index contributed by atoms with van der Waals surface area (Å²) in [6.07, 6.45) is 3.75. The summed E-state index contributed by atoms with van der Waals surface area (Å²) in [5.41, 5.74) is 6.70. The molecule has 1 aromatic carbocycles. The molecule has 20 heavy (non-hydrogen) atoms. The molecular formula is C14H19N5O.